The van der Waals surface area contributed by atoms with Gasteiger partial charge in [0.1, 0.15) is 6.61 Å². The number of hydrogen-bond acceptors (Lipinski definition) is 3. The van der Waals surface area contributed by atoms with Gasteiger partial charge in [0.05, 0.1) is 0 Å². The molecule has 0 saturated heterocycles. The first-order chi connectivity index (χ1) is 8.33. The number of rotatable bonds is 8. The number of carbonyl (C=O) groups is 1. The summed E-state index contributed by atoms with van der Waals surface area (Å²) in [6.45, 7) is 4.07. The molecule has 0 bridgehead atoms. The van der Waals surface area contributed by atoms with E-state index in [1.54, 1.807) is 0 Å². The lowest BCUT2D eigenvalue weighted by atomic mass is 10.1. The van der Waals surface area contributed by atoms with Gasteiger partial charge in [0.2, 0.25) is 0 Å². The van der Waals surface area contributed by atoms with Gasteiger partial charge in [-0.1, -0.05) is 37.3 Å². The predicted octanol–water partition coefficient (Wildman–Crippen LogP) is 2.16. The average Bonchev–Trinajstić information content (AvgIpc) is 2.35. The summed E-state index contributed by atoms with van der Waals surface area (Å²) in [7, 11) is 0. The Bertz CT molecular complexity index is 311. The quantitative estimate of drug-likeness (QED) is 0.554. The summed E-state index contributed by atoms with van der Waals surface area (Å²) in [4.78, 5) is 11.0. The van der Waals surface area contributed by atoms with Crippen LogP contribution in [-0.2, 0) is 16.0 Å². The van der Waals surface area contributed by atoms with Gasteiger partial charge >= 0.3 is 5.97 Å². The molecular formula is C14H21NO2. The smallest absolute Gasteiger partial charge is 0.305 e. The molecule has 0 aliphatic heterocycles. The van der Waals surface area contributed by atoms with Crippen LogP contribution in [0.2, 0.25) is 0 Å². The van der Waals surface area contributed by atoms with E-state index in [4.69, 9.17) is 4.74 Å². The average molecular weight is 235 g/mol. The minimum atomic E-state index is -0.0997. The summed E-state index contributed by atoms with van der Waals surface area (Å²) >= 11 is 0. The van der Waals surface area contributed by atoms with Crippen molar-refractivity contribution in [2.45, 2.75) is 26.2 Å². The van der Waals surface area contributed by atoms with E-state index < -0.39 is 0 Å². The number of benzene rings is 1. The van der Waals surface area contributed by atoms with Crippen molar-refractivity contribution in [3.8, 4) is 0 Å². The first-order valence-electron chi connectivity index (χ1n) is 6.23. The second kappa shape index (κ2) is 8.76. The topological polar surface area (TPSA) is 38.3 Å². The molecule has 1 aromatic rings. The lowest BCUT2D eigenvalue weighted by molar-refractivity contribution is -0.143. The van der Waals surface area contributed by atoms with Crippen LogP contribution in [0.15, 0.2) is 30.3 Å². The second-order valence-corrected chi connectivity index (χ2v) is 3.96. The van der Waals surface area contributed by atoms with Gasteiger partial charge < -0.3 is 10.1 Å². The van der Waals surface area contributed by atoms with Crippen LogP contribution in [0.5, 0.6) is 0 Å². The van der Waals surface area contributed by atoms with E-state index in [2.05, 4.69) is 17.4 Å². The molecule has 0 heterocycles. The van der Waals surface area contributed by atoms with Crippen LogP contribution in [0, 0.1) is 0 Å². The highest BCUT2D eigenvalue weighted by Crippen LogP contribution is 1.97. The van der Waals surface area contributed by atoms with Gasteiger partial charge in [-0.25, -0.2) is 0 Å². The standard InChI is InChI=1S/C14H21NO2/c1-2-6-14(16)17-12-11-15-10-9-13-7-4-3-5-8-13/h3-5,7-8,15H,2,6,9-12H2,1H3. The van der Waals surface area contributed by atoms with E-state index in [9.17, 15) is 4.79 Å². The molecule has 0 fully saturated rings. The SMILES string of the molecule is CCCC(=O)OCCNCCc1ccccc1. The fourth-order valence-electron chi connectivity index (χ4n) is 1.52. The van der Waals surface area contributed by atoms with Crippen molar-refractivity contribution >= 4 is 5.97 Å². The highest BCUT2D eigenvalue weighted by molar-refractivity contribution is 5.69. The van der Waals surface area contributed by atoms with Gasteiger partial charge in [-0.2, -0.15) is 0 Å². The van der Waals surface area contributed by atoms with Crippen LogP contribution in [0.4, 0.5) is 0 Å². The molecule has 1 N–H and O–H groups in total. The zero-order valence-corrected chi connectivity index (χ0v) is 10.4. The number of esters is 1. The first-order valence-corrected chi connectivity index (χ1v) is 6.23. The van der Waals surface area contributed by atoms with Crippen molar-refractivity contribution in [2.75, 3.05) is 19.7 Å². The zero-order valence-electron chi connectivity index (χ0n) is 10.4. The summed E-state index contributed by atoms with van der Waals surface area (Å²) in [5.41, 5.74) is 1.32. The lowest BCUT2D eigenvalue weighted by Crippen LogP contribution is -2.23. The monoisotopic (exact) mass is 235 g/mol. The predicted molar refractivity (Wildman–Crippen MR) is 68.9 cm³/mol. The third-order valence-electron chi connectivity index (χ3n) is 2.43. The highest BCUT2D eigenvalue weighted by Gasteiger charge is 1.99. The minimum absolute atomic E-state index is 0.0997. The van der Waals surface area contributed by atoms with Crippen molar-refractivity contribution < 1.29 is 9.53 Å². The van der Waals surface area contributed by atoms with E-state index in [0.29, 0.717) is 13.0 Å². The largest absolute Gasteiger partial charge is 0.464 e. The molecular weight excluding hydrogens is 214 g/mol. The molecule has 0 aromatic heterocycles. The Balaban J connectivity index is 1.96. The molecule has 0 unspecified atom stereocenters. The highest BCUT2D eigenvalue weighted by atomic mass is 16.5. The maximum absolute atomic E-state index is 11.0. The summed E-state index contributed by atoms with van der Waals surface area (Å²) in [5.74, 6) is -0.0997. The molecule has 0 amide bonds. The van der Waals surface area contributed by atoms with Crippen molar-refractivity contribution in [3.63, 3.8) is 0 Å². The zero-order chi connectivity index (χ0) is 12.3. The third kappa shape index (κ3) is 6.74. The Kier molecular flexibility index (Phi) is 7.07. The molecule has 3 nitrogen and oxygen atoms in total. The van der Waals surface area contributed by atoms with E-state index in [-0.39, 0.29) is 5.97 Å². The Morgan fingerprint density at radius 2 is 2.00 bits per heavy atom. The van der Waals surface area contributed by atoms with Crippen molar-refractivity contribution in [1.29, 1.82) is 0 Å². The van der Waals surface area contributed by atoms with Crippen molar-refractivity contribution in [3.05, 3.63) is 35.9 Å². The molecule has 0 saturated carbocycles. The Hall–Kier alpha value is -1.35. The summed E-state index contributed by atoms with van der Waals surface area (Å²) in [5, 5.41) is 3.25. The summed E-state index contributed by atoms with van der Waals surface area (Å²) in [6.07, 6.45) is 2.37. The number of nitrogens with one attached hydrogen (secondary N) is 1. The van der Waals surface area contributed by atoms with E-state index in [1.807, 2.05) is 25.1 Å². The van der Waals surface area contributed by atoms with Crippen LogP contribution < -0.4 is 5.32 Å². The van der Waals surface area contributed by atoms with Gasteiger partial charge in [-0.3, -0.25) is 4.79 Å². The van der Waals surface area contributed by atoms with Gasteiger partial charge in [-0.15, -0.1) is 0 Å². The molecule has 0 radical (unpaired) electrons. The summed E-state index contributed by atoms with van der Waals surface area (Å²) < 4.78 is 5.03. The molecule has 0 atom stereocenters. The van der Waals surface area contributed by atoms with Crippen LogP contribution in [-0.4, -0.2) is 25.7 Å². The van der Waals surface area contributed by atoms with Gasteiger partial charge in [0, 0.05) is 13.0 Å². The Morgan fingerprint density at radius 3 is 2.71 bits per heavy atom. The van der Waals surface area contributed by atoms with Crippen LogP contribution in [0.3, 0.4) is 0 Å². The fourth-order valence-corrected chi connectivity index (χ4v) is 1.52. The molecule has 0 spiro atoms. The molecule has 1 aromatic carbocycles. The number of ether oxygens (including phenoxy) is 1. The van der Waals surface area contributed by atoms with Crippen LogP contribution in [0.25, 0.3) is 0 Å². The van der Waals surface area contributed by atoms with Gasteiger partial charge in [-0.05, 0) is 24.9 Å². The van der Waals surface area contributed by atoms with Gasteiger partial charge in [0.25, 0.3) is 0 Å². The van der Waals surface area contributed by atoms with E-state index >= 15 is 0 Å². The van der Waals surface area contributed by atoms with E-state index in [1.165, 1.54) is 5.56 Å². The van der Waals surface area contributed by atoms with Crippen LogP contribution >= 0.6 is 0 Å². The molecule has 3 heteroatoms. The molecule has 94 valence electrons. The first kappa shape index (κ1) is 13.7. The van der Waals surface area contributed by atoms with Crippen molar-refractivity contribution in [2.24, 2.45) is 0 Å². The summed E-state index contributed by atoms with van der Waals surface area (Å²) in [6, 6.07) is 10.3. The lowest BCUT2D eigenvalue weighted by Gasteiger charge is -2.06. The minimum Gasteiger partial charge on any atom is -0.464 e. The number of hydrogen-bond donors (Lipinski definition) is 1. The maximum Gasteiger partial charge on any atom is 0.305 e. The molecule has 17 heavy (non-hydrogen) atoms. The van der Waals surface area contributed by atoms with Crippen molar-refractivity contribution in [1.82, 2.24) is 5.32 Å². The van der Waals surface area contributed by atoms with E-state index in [0.717, 1.165) is 25.9 Å². The Morgan fingerprint density at radius 1 is 1.24 bits per heavy atom. The number of carbonyl (C=O) groups excluding carboxylic acids is 1. The normalized spacial score (nSPS) is 10.2. The second-order valence-electron chi connectivity index (χ2n) is 3.96. The molecule has 0 aliphatic rings. The molecule has 0 aliphatic carbocycles. The van der Waals surface area contributed by atoms with Gasteiger partial charge in [0.15, 0.2) is 0 Å². The fraction of sp³-hybridized carbons (Fsp3) is 0.500. The maximum atomic E-state index is 11.0. The third-order valence-corrected chi connectivity index (χ3v) is 2.43. The molecule has 1 rings (SSSR count). The van der Waals surface area contributed by atoms with Crippen LogP contribution in [0.1, 0.15) is 25.3 Å². The Labute approximate surface area is 103 Å².